The molecule has 0 aliphatic rings. The molecule has 2 rings (SSSR count). The lowest BCUT2D eigenvalue weighted by molar-refractivity contribution is 1.16. The minimum absolute atomic E-state index is 1.04. The van der Waals surface area contributed by atoms with Crippen LogP contribution in [0.25, 0.3) is 11.3 Å². The summed E-state index contributed by atoms with van der Waals surface area (Å²) in [6.07, 6.45) is 4.77. The van der Waals surface area contributed by atoms with Crippen molar-refractivity contribution in [1.29, 1.82) is 0 Å². The number of hydrogen-bond acceptors (Lipinski definition) is 3. The van der Waals surface area contributed by atoms with Gasteiger partial charge in [-0.15, -0.1) is 11.3 Å². The fourth-order valence-corrected chi connectivity index (χ4v) is 2.18. The van der Waals surface area contributed by atoms with Crippen LogP contribution in [0.2, 0.25) is 0 Å². The van der Waals surface area contributed by atoms with Crippen molar-refractivity contribution in [3.05, 3.63) is 34.4 Å². The lowest BCUT2D eigenvalue weighted by Crippen LogP contribution is -1.86. The van der Waals surface area contributed by atoms with Gasteiger partial charge >= 0.3 is 0 Å². The van der Waals surface area contributed by atoms with Gasteiger partial charge in [-0.25, -0.2) is 4.98 Å². The Balaban J connectivity index is 2.49. The summed E-state index contributed by atoms with van der Waals surface area (Å²) in [4.78, 5) is 9.89. The first-order chi connectivity index (χ1) is 6.81. The lowest BCUT2D eigenvalue weighted by Gasteiger charge is -2.00. The van der Waals surface area contributed by atoms with Crippen molar-refractivity contribution in [3.63, 3.8) is 0 Å². The molecule has 0 spiro atoms. The zero-order valence-corrected chi connectivity index (χ0v) is 9.14. The first-order valence-corrected chi connectivity index (χ1v) is 5.53. The van der Waals surface area contributed by atoms with Gasteiger partial charge in [0.2, 0.25) is 0 Å². The van der Waals surface area contributed by atoms with Gasteiger partial charge in [-0.2, -0.15) is 0 Å². The minimum Gasteiger partial charge on any atom is -0.264 e. The second-order valence-electron chi connectivity index (χ2n) is 3.23. The second-order valence-corrected chi connectivity index (χ2v) is 4.17. The molecule has 2 heterocycles. The molecule has 0 bridgehead atoms. The van der Waals surface area contributed by atoms with Crippen LogP contribution in [0.5, 0.6) is 0 Å². The van der Waals surface area contributed by atoms with E-state index >= 15 is 0 Å². The number of pyridine rings is 1. The molecule has 72 valence electrons. The quantitative estimate of drug-likeness (QED) is 0.751. The Labute approximate surface area is 87.7 Å². The van der Waals surface area contributed by atoms with E-state index in [1.807, 2.05) is 17.9 Å². The number of rotatable bonds is 2. The highest BCUT2D eigenvalue weighted by Crippen LogP contribution is 2.25. The molecule has 0 saturated heterocycles. The molecule has 14 heavy (non-hydrogen) atoms. The van der Waals surface area contributed by atoms with E-state index in [0.29, 0.717) is 0 Å². The van der Waals surface area contributed by atoms with Crippen LogP contribution in [0.4, 0.5) is 0 Å². The van der Waals surface area contributed by atoms with Gasteiger partial charge in [-0.05, 0) is 25.0 Å². The molecular weight excluding hydrogens is 192 g/mol. The fraction of sp³-hybridized carbons (Fsp3) is 0.273. The van der Waals surface area contributed by atoms with E-state index in [1.54, 1.807) is 11.3 Å². The highest BCUT2D eigenvalue weighted by molar-refractivity contribution is 7.10. The van der Waals surface area contributed by atoms with E-state index in [9.17, 15) is 0 Å². The van der Waals surface area contributed by atoms with Crippen molar-refractivity contribution in [2.75, 3.05) is 0 Å². The summed E-state index contributed by atoms with van der Waals surface area (Å²) in [7, 11) is 0. The Kier molecular flexibility index (Phi) is 2.59. The van der Waals surface area contributed by atoms with Crippen LogP contribution >= 0.6 is 11.3 Å². The maximum absolute atomic E-state index is 4.38. The molecule has 2 aromatic rings. The van der Waals surface area contributed by atoms with Crippen molar-refractivity contribution >= 4 is 11.3 Å². The average molecular weight is 204 g/mol. The van der Waals surface area contributed by atoms with Crippen LogP contribution in [0.15, 0.2) is 24.0 Å². The number of aryl methyl sites for hydroxylation is 2. The Morgan fingerprint density at radius 1 is 1.36 bits per heavy atom. The predicted octanol–water partition coefficient (Wildman–Crippen LogP) is 3.08. The van der Waals surface area contributed by atoms with Gasteiger partial charge in [-0.3, -0.25) is 4.98 Å². The Morgan fingerprint density at radius 2 is 2.21 bits per heavy atom. The molecule has 2 aromatic heterocycles. The third-order valence-corrected chi connectivity index (χ3v) is 3.09. The van der Waals surface area contributed by atoms with Gasteiger partial charge < -0.3 is 0 Å². The van der Waals surface area contributed by atoms with Crippen molar-refractivity contribution < 1.29 is 0 Å². The first kappa shape index (κ1) is 9.34. The van der Waals surface area contributed by atoms with Gasteiger partial charge in [0.15, 0.2) is 0 Å². The van der Waals surface area contributed by atoms with E-state index in [2.05, 4.69) is 29.9 Å². The molecule has 0 saturated carbocycles. The molecule has 0 fully saturated rings. The van der Waals surface area contributed by atoms with Crippen LogP contribution in [0.3, 0.4) is 0 Å². The summed E-state index contributed by atoms with van der Waals surface area (Å²) in [6.45, 7) is 4.20. The van der Waals surface area contributed by atoms with E-state index in [1.165, 1.54) is 10.4 Å². The highest BCUT2D eigenvalue weighted by Gasteiger charge is 2.06. The van der Waals surface area contributed by atoms with Crippen LogP contribution < -0.4 is 0 Å². The zero-order chi connectivity index (χ0) is 9.97. The fourth-order valence-electron chi connectivity index (χ4n) is 1.44. The largest absolute Gasteiger partial charge is 0.264 e. The lowest BCUT2D eigenvalue weighted by atomic mass is 10.1. The molecule has 0 radical (unpaired) electrons. The van der Waals surface area contributed by atoms with Crippen molar-refractivity contribution in [2.45, 2.75) is 20.3 Å². The molecule has 3 heteroatoms. The number of thiazole rings is 1. The standard InChI is InChI=1S/C11H12N2S/c1-3-10-11(13-7-14-10)9-4-8(2)5-12-6-9/h4-7H,3H2,1-2H3. The molecule has 0 aliphatic carbocycles. The highest BCUT2D eigenvalue weighted by atomic mass is 32.1. The maximum atomic E-state index is 4.38. The summed E-state index contributed by atoms with van der Waals surface area (Å²) in [5.74, 6) is 0. The Bertz CT molecular complexity index is 434. The number of nitrogens with zero attached hydrogens (tertiary/aromatic N) is 2. The summed E-state index contributed by atoms with van der Waals surface area (Å²) in [5.41, 5.74) is 5.30. The van der Waals surface area contributed by atoms with Gasteiger partial charge in [0, 0.05) is 22.8 Å². The molecule has 0 N–H and O–H groups in total. The van der Waals surface area contributed by atoms with Gasteiger partial charge in [0.25, 0.3) is 0 Å². The molecule has 0 aromatic carbocycles. The van der Waals surface area contributed by atoms with E-state index in [0.717, 1.165) is 17.7 Å². The van der Waals surface area contributed by atoms with Crippen LogP contribution in [-0.4, -0.2) is 9.97 Å². The van der Waals surface area contributed by atoms with E-state index in [4.69, 9.17) is 0 Å². The third-order valence-electron chi connectivity index (χ3n) is 2.11. The monoisotopic (exact) mass is 204 g/mol. The van der Waals surface area contributed by atoms with Crippen molar-refractivity contribution in [1.82, 2.24) is 9.97 Å². The number of hydrogen-bond donors (Lipinski definition) is 0. The van der Waals surface area contributed by atoms with Crippen molar-refractivity contribution in [2.24, 2.45) is 0 Å². The van der Waals surface area contributed by atoms with Crippen LogP contribution in [0.1, 0.15) is 17.4 Å². The Morgan fingerprint density at radius 3 is 2.93 bits per heavy atom. The maximum Gasteiger partial charge on any atom is 0.0858 e. The van der Waals surface area contributed by atoms with Gasteiger partial charge in [0.05, 0.1) is 11.2 Å². The van der Waals surface area contributed by atoms with E-state index < -0.39 is 0 Å². The third kappa shape index (κ3) is 1.68. The van der Waals surface area contributed by atoms with Gasteiger partial charge in [0.1, 0.15) is 0 Å². The summed E-state index contributed by atoms with van der Waals surface area (Å²) in [6, 6.07) is 2.13. The predicted molar refractivity (Wildman–Crippen MR) is 59.5 cm³/mol. The summed E-state index contributed by atoms with van der Waals surface area (Å²) < 4.78 is 0. The van der Waals surface area contributed by atoms with Crippen LogP contribution in [0, 0.1) is 6.92 Å². The normalized spacial score (nSPS) is 10.4. The van der Waals surface area contributed by atoms with Crippen molar-refractivity contribution in [3.8, 4) is 11.3 Å². The smallest absolute Gasteiger partial charge is 0.0858 e. The molecule has 0 amide bonds. The summed E-state index contributed by atoms with van der Waals surface area (Å²) >= 11 is 1.71. The summed E-state index contributed by atoms with van der Waals surface area (Å²) in [5, 5.41) is 0. The minimum atomic E-state index is 1.04. The number of aromatic nitrogens is 2. The Hall–Kier alpha value is -1.22. The molecule has 2 nitrogen and oxygen atoms in total. The molecule has 0 aliphatic heterocycles. The second kappa shape index (κ2) is 3.88. The van der Waals surface area contributed by atoms with Gasteiger partial charge in [-0.1, -0.05) is 6.92 Å². The molecular formula is C11H12N2S. The van der Waals surface area contributed by atoms with E-state index in [-0.39, 0.29) is 0 Å². The topological polar surface area (TPSA) is 25.8 Å². The zero-order valence-electron chi connectivity index (χ0n) is 8.32. The SMILES string of the molecule is CCc1scnc1-c1cncc(C)c1. The first-order valence-electron chi connectivity index (χ1n) is 4.65. The van der Waals surface area contributed by atoms with Crippen LogP contribution in [-0.2, 0) is 6.42 Å². The average Bonchev–Trinajstić information content (AvgIpc) is 2.65. The molecule has 0 unspecified atom stereocenters. The molecule has 0 atom stereocenters.